The molecule has 7 nitrogen and oxygen atoms in total. The number of hydrazine groups is 1. The Hall–Kier alpha value is -1.97. The Labute approximate surface area is 151 Å². The van der Waals surface area contributed by atoms with Crippen LogP contribution in [0.1, 0.15) is 6.92 Å². The van der Waals surface area contributed by atoms with Gasteiger partial charge < -0.3 is 20.4 Å². The van der Waals surface area contributed by atoms with E-state index in [-0.39, 0.29) is 18.5 Å². The zero-order valence-corrected chi connectivity index (χ0v) is 14.9. The molecule has 25 heavy (non-hydrogen) atoms. The first-order valence-electron chi connectivity index (χ1n) is 8.24. The Morgan fingerprint density at radius 2 is 2.24 bits per heavy atom. The lowest BCUT2D eigenvalue weighted by molar-refractivity contribution is 0.145. The third-order valence-corrected chi connectivity index (χ3v) is 4.60. The van der Waals surface area contributed by atoms with Crippen LogP contribution in [0.15, 0.2) is 18.2 Å². The minimum absolute atomic E-state index is 0.249. The molecule has 1 atom stereocenters. The first kappa shape index (κ1) is 17.8. The number of nitrogens with two attached hydrogens (primary N) is 1. The molecule has 2 aliphatic heterocycles. The van der Waals surface area contributed by atoms with Gasteiger partial charge in [-0.2, -0.15) is 0 Å². The molecule has 0 aromatic heterocycles. The maximum absolute atomic E-state index is 14.7. The Morgan fingerprint density at radius 1 is 1.44 bits per heavy atom. The Morgan fingerprint density at radius 3 is 2.88 bits per heavy atom. The second kappa shape index (κ2) is 7.51. The van der Waals surface area contributed by atoms with Crippen LogP contribution in [-0.2, 0) is 4.74 Å². The number of nitrogens with one attached hydrogen (secondary N) is 1. The molecule has 0 bridgehead atoms. The van der Waals surface area contributed by atoms with Crippen molar-refractivity contribution in [3.63, 3.8) is 0 Å². The minimum Gasteiger partial charge on any atom is -0.443 e. The van der Waals surface area contributed by atoms with Gasteiger partial charge in [-0.1, -0.05) is 12.2 Å². The van der Waals surface area contributed by atoms with Crippen molar-refractivity contribution in [3.05, 3.63) is 24.0 Å². The van der Waals surface area contributed by atoms with Crippen LogP contribution in [0.25, 0.3) is 0 Å². The molecule has 3 rings (SSSR count). The summed E-state index contributed by atoms with van der Waals surface area (Å²) in [6.07, 6.45) is -0.843. The highest BCUT2D eigenvalue weighted by atomic mass is 32.1. The summed E-state index contributed by atoms with van der Waals surface area (Å²) in [6.45, 7) is 5.11. The number of thiocarbonyl (C=S) groups is 1. The van der Waals surface area contributed by atoms with E-state index in [9.17, 15) is 9.18 Å². The predicted molar refractivity (Wildman–Crippen MR) is 98.3 cm³/mol. The SMILES string of the molecule is CC(=S)N1CCN(c2ccc(N3C[C@H](CN)OC3=O)cc2F)CCN1. The van der Waals surface area contributed by atoms with Crippen molar-refractivity contribution >= 4 is 34.7 Å². The first-order valence-corrected chi connectivity index (χ1v) is 8.64. The van der Waals surface area contributed by atoms with E-state index in [0.717, 1.165) is 4.99 Å². The van der Waals surface area contributed by atoms with Crippen molar-refractivity contribution in [1.29, 1.82) is 0 Å². The number of nitrogens with zero attached hydrogens (tertiary/aromatic N) is 3. The Bertz CT molecular complexity index is 674. The predicted octanol–water partition coefficient (Wildman–Crippen LogP) is 1.08. The van der Waals surface area contributed by atoms with E-state index in [2.05, 4.69) is 5.43 Å². The van der Waals surface area contributed by atoms with Gasteiger partial charge in [0.1, 0.15) is 11.9 Å². The molecule has 1 amide bonds. The molecule has 1 aromatic rings. The molecule has 2 fully saturated rings. The number of benzene rings is 1. The monoisotopic (exact) mass is 367 g/mol. The van der Waals surface area contributed by atoms with Crippen LogP contribution in [0.3, 0.4) is 0 Å². The van der Waals surface area contributed by atoms with Crippen molar-refractivity contribution in [2.75, 3.05) is 49.1 Å². The molecule has 9 heteroatoms. The van der Waals surface area contributed by atoms with Crippen molar-refractivity contribution in [2.24, 2.45) is 5.73 Å². The quantitative estimate of drug-likeness (QED) is 0.775. The standard InChI is InChI=1S/C16H22FN5O2S/c1-11(25)22-7-6-20(5-4-19-22)15-3-2-12(8-14(15)17)21-10-13(9-18)24-16(21)23/h2-3,8,13,19H,4-7,9-10,18H2,1H3/t13-/m0/s1. The summed E-state index contributed by atoms with van der Waals surface area (Å²) in [5.41, 5.74) is 9.74. The number of carbonyl (C=O) groups excluding carboxylic acids is 1. The lowest BCUT2D eigenvalue weighted by atomic mass is 10.2. The molecule has 2 saturated heterocycles. The number of hydrogen-bond acceptors (Lipinski definition) is 6. The zero-order chi connectivity index (χ0) is 18.0. The van der Waals surface area contributed by atoms with Gasteiger partial charge in [-0.15, -0.1) is 0 Å². The molecule has 0 radical (unpaired) electrons. The fourth-order valence-corrected chi connectivity index (χ4v) is 3.17. The number of anilines is 2. The molecule has 0 saturated carbocycles. The van der Waals surface area contributed by atoms with Crippen LogP contribution in [0.2, 0.25) is 0 Å². The second-order valence-electron chi connectivity index (χ2n) is 6.05. The highest BCUT2D eigenvalue weighted by Gasteiger charge is 2.32. The van der Waals surface area contributed by atoms with Gasteiger partial charge in [-0.25, -0.2) is 14.6 Å². The van der Waals surface area contributed by atoms with E-state index in [1.165, 1.54) is 11.0 Å². The molecular formula is C16H22FN5O2S. The van der Waals surface area contributed by atoms with Gasteiger partial charge in [0.15, 0.2) is 0 Å². The Kier molecular flexibility index (Phi) is 5.36. The number of carbonyl (C=O) groups is 1. The maximum atomic E-state index is 14.7. The summed E-state index contributed by atoms with van der Waals surface area (Å²) in [4.78, 5) is 16.0. The fraction of sp³-hybridized carbons (Fsp3) is 0.500. The van der Waals surface area contributed by atoms with Crippen molar-refractivity contribution in [1.82, 2.24) is 10.4 Å². The number of cyclic esters (lactones) is 1. The molecular weight excluding hydrogens is 345 g/mol. The zero-order valence-electron chi connectivity index (χ0n) is 14.1. The van der Waals surface area contributed by atoms with Crippen LogP contribution in [0.4, 0.5) is 20.6 Å². The average Bonchev–Trinajstić information content (AvgIpc) is 2.80. The highest BCUT2D eigenvalue weighted by molar-refractivity contribution is 7.80. The topological polar surface area (TPSA) is 74.1 Å². The molecule has 2 aliphatic rings. The van der Waals surface area contributed by atoms with Crippen molar-refractivity contribution < 1.29 is 13.9 Å². The van der Waals surface area contributed by atoms with Crippen molar-refractivity contribution in [3.8, 4) is 0 Å². The minimum atomic E-state index is -0.492. The Balaban J connectivity index is 1.74. The summed E-state index contributed by atoms with van der Waals surface area (Å²) >= 11 is 5.18. The molecule has 0 aliphatic carbocycles. The molecule has 3 N–H and O–H groups in total. The van der Waals surface area contributed by atoms with E-state index in [4.69, 9.17) is 22.7 Å². The fourth-order valence-electron chi connectivity index (χ4n) is 3.02. The number of amides is 1. The third-order valence-electron chi connectivity index (χ3n) is 4.38. The van der Waals surface area contributed by atoms with Gasteiger partial charge in [-0.3, -0.25) is 4.90 Å². The van der Waals surface area contributed by atoms with Gasteiger partial charge in [-0.05, 0) is 25.1 Å². The second-order valence-corrected chi connectivity index (χ2v) is 6.64. The van der Waals surface area contributed by atoms with Gasteiger partial charge in [0.2, 0.25) is 0 Å². The molecule has 2 heterocycles. The highest BCUT2D eigenvalue weighted by Crippen LogP contribution is 2.28. The van der Waals surface area contributed by atoms with Crippen LogP contribution in [0.5, 0.6) is 0 Å². The largest absolute Gasteiger partial charge is 0.443 e. The summed E-state index contributed by atoms with van der Waals surface area (Å²) in [7, 11) is 0. The number of halogens is 1. The first-order chi connectivity index (χ1) is 12.0. The van der Waals surface area contributed by atoms with E-state index >= 15 is 0 Å². The lowest BCUT2D eigenvalue weighted by Gasteiger charge is -2.24. The summed E-state index contributed by atoms with van der Waals surface area (Å²) in [6, 6.07) is 4.81. The number of hydrogen-bond donors (Lipinski definition) is 2. The molecule has 1 aromatic carbocycles. The summed E-state index contributed by atoms with van der Waals surface area (Å²) in [5.74, 6) is -0.367. The lowest BCUT2D eigenvalue weighted by Crippen LogP contribution is -2.41. The summed E-state index contributed by atoms with van der Waals surface area (Å²) in [5, 5.41) is 1.90. The van der Waals surface area contributed by atoms with Gasteiger partial charge >= 0.3 is 6.09 Å². The smallest absolute Gasteiger partial charge is 0.414 e. The van der Waals surface area contributed by atoms with Crippen molar-refractivity contribution in [2.45, 2.75) is 13.0 Å². The van der Waals surface area contributed by atoms with Gasteiger partial charge in [0.25, 0.3) is 0 Å². The third kappa shape index (κ3) is 3.83. The molecule has 136 valence electrons. The van der Waals surface area contributed by atoms with Crippen LogP contribution in [0, 0.1) is 5.82 Å². The number of rotatable bonds is 3. The number of ether oxygens (including phenoxy) is 1. The van der Waals surface area contributed by atoms with E-state index in [0.29, 0.717) is 44.1 Å². The van der Waals surface area contributed by atoms with Crippen LogP contribution >= 0.6 is 12.2 Å². The normalized spacial score (nSPS) is 21.3. The maximum Gasteiger partial charge on any atom is 0.414 e. The average molecular weight is 367 g/mol. The van der Waals surface area contributed by atoms with Crippen LogP contribution < -0.4 is 21.0 Å². The van der Waals surface area contributed by atoms with E-state index in [1.807, 2.05) is 16.8 Å². The summed E-state index contributed by atoms with van der Waals surface area (Å²) < 4.78 is 19.8. The van der Waals surface area contributed by atoms with Crippen LogP contribution in [-0.4, -0.2) is 61.5 Å². The van der Waals surface area contributed by atoms with E-state index in [1.54, 1.807) is 12.1 Å². The molecule has 0 unspecified atom stereocenters. The van der Waals surface area contributed by atoms with Gasteiger partial charge in [0.05, 0.1) is 29.5 Å². The van der Waals surface area contributed by atoms with Gasteiger partial charge in [0, 0.05) is 26.2 Å². The molecule has 0 spiro atoms. The van der Waals surface area contributed by atoms with E-state index < -0.39 is 6.09 Å².